The summed E-state index contributed by atoms with van der Waals surface area (Å²) in [6, 6.07) is 7.93. The summed E-state index contributed by atoms with van der Waals surface area (Å²) in [4.78, 5) is 0. The molecule has 0 aromatic heterocycles. The molecule has 5 heteroatoms. The zero-order valence-corrected chi connectivity index (χ0v) is 11.8. The Kier molecular flexibility index (Phi) is 5.78. The average molecular weight is 270 g/mol. The van der Waals surface area contributed by atoms with Crippen LogP contribution in [0.1, 0.15) is 31.4 Å². The molecule has 0 fully saturated rings. The molecular weight excluding hydrogens is 248 g/mol. The molecule has 4 nitrogen and oxygen atoms in total. The van der Waals surface area contributed by atoms with Gasteiger partial charge in [0, 0.05) is 13.1 Å². The van der Waals surface area contributed by atoms with Crippen LogP contribution in [-0.4, -0.2) is 20.2 Å². The minimum atomic E-state index is -3.31. The smallest absolute Gasteiger partial charge is 0.216 e. The summed E-state index contributed by atoms with van der Waals surface area (Å²) in [5.74, 6) is 0. The van der Waals surface area contributed by atoms with Gasteiger partial charge in [-0.15, -0.1) is 0 Å². The maximum atomic E-state index is 11.9. The van der Waals surface area contributed by atoms with Gasteiger partial charge in [0.05, 0.1) is 5.25 Å². The molecule has 0 aliphatic rings. The van der Waals surface area contributed by atoms with Crippen molar-refractivity contribution in [3.63, 3.8) is 0 Å². The Balaban J connectivity index is 2.63. The second-order valence-corrected chi connectivity index (χ2v) is 6.35. The van der Waals surface area contributed by atoms with Crippen molar-refractivity contribution in [2.24, 2.45) is 5.73 Å². The van der Waals surface area contributed by atoms with E-state index in [0.29, 0.717) is 13.0 Å². The molecule has 0 bridgehead atoms. The second-order valence-electron chi connectivity index (χ2n) is 4.30. The van der Waals surface area contributed by atoms with E-state index >= 15 is 0 Å². The summed E-state index contributed by atoms with van der Waals surface area (Å²) in [5.41, 5.74) is 7.66. The third-order valence-electron chi connectivity index (χ3n) is 3.07. The van der Waals surface area contributed by atoms with Crippen molar-refractivity contribution >= 4 is 10.0 Å². The summed E-state index contributed by atoms with van der Waals surface area (Å²) < 4.78 is 26.4. The average Bonchev–Trinajstić information content (AvgIpc) is 2.38. The third kappa shape index (κ3) is 4.08. The predicted octanol–water partition coefficient (Wildman–Crippen LogP) is 1.41. The van der Waals surface area contributed by atoms with Gasteiger partial charge in [-0.25, -0.2) is 13.1 Å². The van der Waals surface area contributed by atoms with Crippen LogP contribution < -0.4 is 10.5 Å². The van der Waals surface area contributed by atoms with E-state index in [1.807, 2.05) is 31.2 Å². The lowest BCUT2D eigenvalue weighted by atomic mass is 10.1. The standard InChI is InChI=1S/C13H22N2O2S/c1-3-11-5-7-12(8-6-11)10-15-18(16,17)13(4-2)9-14/h5-8,13,15H,3-4,9-10,14H2,1-2H3. The molecule has 1 aromatic rings. The van der Waals surface area contributed by atoms with E-state index in [-0.39, 0.29) is 6.54 Å². The van der Waals surface area contributed by atoms with Gasteiger partial charge in [-0.2, -0.15) is 0 Å². The number of rotatable bonds is 7. The lowest BCUT2D eigenvalue weighted by Crippen LogP contribution is -2.38. The molecule has 1 aromatic carbocycles. The highest BCUT2D eigenvalue weighted by Crippen LogP contribution is 2.07. The number of nitrogens with one attached hydrogen (secondary N) is 1. The second kappa shape index (κ2) is 6.87. The van der Waals surface area contributed by atoms with E-state index in [4.69, 9.17) is 5.73 Å². The van der Waals surface area contributed by atoms with E-state index in [9.17, 15) is 8.42 Å². The van der Waals surface area contributed by atoms with Crippen LogP contribution in [0.4, 0.5) is 0 Å². The summed E-state index contributed by atoms with van der Waals surface area (Å²) in [6.45, 7) is 4.39. The number of nitrogens with two attached hydrogens (primary N) is 1. The fraction of sp³-hybridized carbons (Fsp3) is 0.538. The van der Waals surface area contributed by atoms with Crippen LogP contribution in [-0.2, 0) is 23.0 Å². The van der Waals surface area contributed by atoms with Gasteiger partial charge in [0.1, 0.15) is 0 Å². The van der Waals surface area contributed by atoms with Crippen molar-refractivity contribution in [3.05, 3.63) is 35.4 Å². The van der Waals surface area contributed by atoms with Gasteiger partial charge in [0.2, 0.25) is 10.0 Å². The minimum absolute atomic E-state index is 0.153. The normalized spacial score (nSPS) is 13.5. The van der Waals surface area contributed by atoms with Crippen molar-refractivity contribution in [2.75, 3.05) is 6.54 Å². The number of hydrogen-bond acceptors (Lipinski definition) is 3. The molecule has 18 heavy (non-hydrogen) atoms. The fourth-order valence-corrected chi connectivity index (χ4v) is 3.00. The van der Waals surface area contributed by atoms with Crippen LogP contribution in [0.2, 0.25) is 0 Å². The summed E-state index contributed by atoms with van der Waals surface area (Å²) >= 11 is 0. The number of sulfonamides is 1. The maximum absolute atomic E-state index is 11.9. The molecule has 0 heterocycles. The van der Waals surface area contributed by atoms with Crippen LogP contribution in [0.25, 0.3) is 0 Å². The van der Waals surface area contributed by atoms with Gasteiger partial charge in [-0.1, -0.05) is 38.1 Å². The Bertz CT molecular complexity index is 450. The third-order valence-corrected chi connectivity index (χ3v) is 5.02. The SMILES string of the molecule is CCc1ccc(CNS(=O)(=O)C(CC)CN)cc1. The van der Waals surface area contributed by atoms with Crippen LogP contribution >= 0.6 is 0 Å². The van der Waals surface area contributed by atoms with E-state index in [0.717, 1.165) is 12.0 Å². The first-order valence-corrected chi connectivity index (χ1v) is 7.84. The van der Waals surface area contributed by atoms with Crippen molar-refractivity contribution in [2.45, 2.75) is 38.5 Å². The van der Waals surface area contributed by atoms with Crippen molar-refractivity contribution in [3.8, 4) is 0 Å². The van der Waals surface area contributed by atoms with E-state index in [1.165, 1.54) is 5.56 Å². The first-order valence-electron chi connectivity index (χ1n) is 6.29. The molecule has 1 rings (SSSR count). The summed E-state index contributed by atoms with van der Waals surface area (Å²) in [5, 5.41) is -0.507. The zero-order valence-electron chi connectivity index (χ0n) is 11.0. The molecule has 102 valence electrons. The van der Waals surface area contributed by atoms with Gasteiger partial charge in [0.25, 0.3) is 0 Å². The quantitative estimate of drug-likeness (QED) is 0.787. The first kappa shape index (κ1) is 15.1. The topological polar surface area (TPSA) is 72.2 Å². The molecule has 0 aliphatic carbocycles. The molecule has 0 amide bonds. The number of hydrogen-bond donors (Lipinski definition) is 2. The Labute approximate surface area is 110 Å². The van der Waals surface area contributed by atoms with E-state index < -0.39 is 15.3 Å². The van der Waals surface area contributed by atoms with Gasteiger partial charge in [0.15, 0.2) is 0 Å². The molecule has 1 unspecified atom stereocenters. The Morgan fingerprint density at radius 3 is 2.17 bits per heavy atom. The monoisotopic (exact) mass is 270 g/mol. The molecular formula is C13H22N2O2S. The van der Waals surface area contributed by atoms with Crippen LogP contribution in [0, 0.1) is 0 Å². The summed E-state index contributed by atoms with van der Waals surface area (Å²) in [7, 11) is -3.31. The van der Waals surface area contributed by atoms with Gasteiger partial charge < -0.3 is 5.73 Å². The zero-order chi connectivity index (χ0) is 13.6. The predicted molar refractivity (Wildman–Crippen MR) is 74.7 cm³/mol. The van der Waals surface area contributed by atoms with Crippen molar-refractivity contribution < 1.29 is 8.42 Å². The van der Waals surface area contributed by atoms with Gasteiger partial charge >= 0.3 is 0 Å². The summed E-state index contributed by atoms with van der Waals surface area (Å²) in [6.07, 6.45) is 1.51. The maximum Gasteiger partial charge on any atom is 0.216 e. The van der Waals surface area contributed by atoms with Gasteiger partial charge in [-0.3, -0.25) is 0 Å². The molecule has 0 aliphatic heterocycles. The highest BCUT2D eigenvalue weighted by Gasteiger charge is 2.21. The van der Waals surface area contributed by atoms with Crippen molar-refractivity contribution in [1.29, 1.82) is 0 Å². The molecule has 0 radical (unpaired) electrons. The molecule has 1 atom stereocenters. The number of aryl methyl sites for hydroxylation is 1. The first-order chi connectivity index (χ1) is 8.53. The lowest BCUT2D eigenvalue weighted by Gasteiger charge is -2.14. The molecule has 0 saturated carbocycles. The highest BCUT2D eigenvalue weighted by molar-refractivity contribution is 7.90. The van der Waals surface area contributed by atoms with Crippen molar-refractivity contribution in [1.82, 2.24) is 4.72 Å². The van der Waals surface area contributed by atoms with E-state index in [1.54, 1.807) is 0 Å². The van der Waals surface area contributed by atoms with Crippen LogP contribution in [0.3, 0.4) is 0 Å². The molecule has 3 N–H and O–H groups in total. The molecule has 0 spiro atoms. The van der Waals surface area contributed by atoms with Crippen LogP contribution in [0.5, 0.6) is 0 Å². The fourth-order valence-electron chi connectivity index (χ4n) is 1.71. The Morgan fingerprint density at radius 2 is 1.72 bits per heavy atom. The molecule has 0 saturated heterocycles. The van der Waals surface area contributed by atoms with Gasteiger partial charge in [-0.05, 0) is 24.0 Å². The lowest BCUT2D eigenvalue weighted by molar-refractivity contribution is 0.561. The van der Waals surface area contributed by atoms with Crippen LogP contribution in [0.15, 0.2) is 24.3 Å². The minimum Gasteiger partial charge on any atom is -0.329 e. The largest absolute Gasteiger partial charge is 0.329 e. The Morgan fingerprint density at radius 1 is 1.17 bits per heavy atom. The number of benzene rings is 1. The Hall–Kier alpha value is -0.910. The highest BCUT2D eigenvalue weighted by atomic mass is 32.2. The van der Waals surface area contributed by atoms with E-state index in [2.05, 4.69) is 11.6 Å².